The van der Waals surface area contributed by atoms with Gasteiger partial charge in [0.05, 0.1) is 61.0 Å². The number of nitrogens with zero attached hydrogens (tertiary/aromatic N) is 12. The van der Waals surface area contributed by atoms with Crippen LogP contribution >= 0.6 is 0 Å². The highest BCUT2D eigenvalue weighted by Gasteiger charge is 2.35. The molecule has 2 atom stereocenters. The fourth-order valence-electron chi connectivity index (χ4n) is 7.42. The van der Waals surface area contributed by atoms with Crippen molar-refractivity contribution in [2.45, 2.75) is 71.2 Å². The lowest BCUT2D eigenvalue weighted by molar-refractivity contribution is -0.120. The van der Waals surface area contributed by atoms with Crippen molar-refractivity contribution in [3.8, 4) is 0 Å². The molecule has 59 heavy (non-hydrogen) atoms. The minimum Gasteiger partial charge on any atom is -0.442 e. The van der Waals surface area contributed by atoms with Crippen molar-refractivity contribution < 1.29 is 37.4 Å². The molecule has 6 heterocycles. The van der Waals surface area contributed by atoms with Gasteiger partial charge in [0.25, 0.3) is 0 Å². The number of piperidine rings is 2. The summed E-state index contributed by atoms with van der Waals surface area (Å²) < 4.78 is 41.9. The van der Waals surface area contributed by atoms with Gasteiger partial charge in [0, 0.05) is 40.0 Å². The number of halogens is 2. The number of anilines is 4. The molecule has 0 spiro atoms. The second-order valence-electron chi connectivity index (χ2n) is 14.4. The molecule has 0 unspecified atom stereocenters. The number of hydrogen-bond acceptors (Lipinski definition) is 14. The van der Waals surface area contributed by atoms with Gasteiger partial charge in [0.15, 0.2) is 6.33 Å². The van der Waals surface area contributed by atoms with Gasteiger partial charge in [-0.05, 0) is 77.7 Å². The Kier molecular flexibility index (Phi) is 13.5. The van der Waals surface area contributed by atoms with E-state index in [0.29, 0.717) is 48.9 Å². The third-order valence-electron chi connectivity index (χ3n) is 10.4. The lowest BCUT2D eigenvalue weighted by Gasteiger charge is -2.33. The molecule has 2 N–H and O–H groups in total. The van der Waals surface area contributed by atoms with E-state index < -0.39 is 30.2 Å². The first kappa shape index (κ1) is 42.1. The minimum absolute atomic E-state index is 0. The van der Waals surface area contributed by atoms with Crippen molar-refractivity contribution in [1.29, 1.82) is 0 Å². The van der Waals surface area contributed by atoms with Crippen molar-refractivity contribution >= 4 is 46.8 Å². The Morgan fingerprint density at radius 3 is 1.63 bits per heavy atom. The molecular formula is C37H48F2N14O6. The molecule has 4 amide bonds. The third kappa shape index (κ3) is 10.2. The molecule has 4 aliphatic heterocycles. The highest BCUT2D eigenvalue weighted by Crippen LogP contribution is 2.33. The van der Waals surface area contributed by atoms with Gasteiger partial charge in [-0.25, -0.2) is 23.1 Å². The molecule has 4 fully saturated rings. The van der Waals surface area contributed by atoms with Crippen LogP contribution in [0.15, 0.2) is 49.1 Å². The van der Waals surface area contributed by atoms with E-state index in [9.17, 15) is 28.0 Å². The number of tetrazole rings is 2. The normalized spacial score (nSPS) is 19.7. The number of benzene rings is 2. The Balaban J connectivity index is 0.000000195. The average Bonchev–Trinajstić information content (AvgIpc) is 4.06. The van der Waals surface area contributed by atoms with E-state index in [0.717, 1.165) is 25.7 Å². The molecule has 2 aromatic heterocycles. The predicted octanol–water partition coefficient (Wildman–Crippen LogP) is 2.87. The molecule has 0 saturated carbocycles. The van der Waals surface area contributed by atoms with E-state index in [1.54, 1.807) is 40.1 Å². The molecule has 2 aromatic carbocycles. The van der Waals surface area contributed by atoms with Crippen LogP contribution in [0.5, 0.6) is 0 Å². The molecule has 316 valence electrons. The fraction of sp³-hybridized carbons (Fsp3) is 0.514. The first-order valence-corrected chi connectivity index (χ1v) is 19.0. The number of rotatable bonds is 10. The molecule has 4 aliphatic rings. The molecule has 22 heteroatoms. The molecule has 0 aliphatic carbocycles. The van der Waals surface area contributed by atoms with Crippen LogP contribution < -0.4 is 30.2 Å². The van der Waals surface area contributed by atoms with Crippen LogP contribution in [0.25, 0.3) is 0 Å². The van der Waals surface area contributed by atoms with Gasteiger partial charge in [0.1, 0.15) is 30.2 Å². The number of nitrogens with one attached hydrogen (secondary N) is 2. The van der Waals surface area contributed by atoms with Gasteiger partial charge in [-0.2, -0.15) is 4.80 Å². The summed E-state index contributed by atoms with van der Waals surface area (Å²) in [5, 5.41) is 28.2. The zero-order chi connectivity index (χ0) is 40.8. The quantitative estimate of drug-likeness (QED) is 0.236. The number of carbonyl (C=O) groups excluding carboxylic acids is 4. The molecule has 20 nitrogen and oxygen atoms in total. The molecular weight excluding hydrogens is 774 g/mol. The second kappa shape index (κ2) is 18.9. The summed E-state index contributed by atoms with van der Waals surface area (Å²) in [6.45, 7) is 6.49. The number of cyclic esters (lactones) is 2. The zero-order valence-electron chi connectivity index (χ0n) is 32.0. The maximum absolute atomic E-state index is 14.8. The van der Waals surface area contributed by atoms with Crippen molar-refractivity contribution in [3.63, 3.8) is 0 Å². The summed E-state index contributed by atoms with van der Waals surface area (Å²) in [7, 11) is 0. The zero-order valence-corrected chi connectivity index (χ0v) is 32.0. The van der Waals surface area contributed by atoms with Crippen LogP contribution in [0.4, 0.5) is 41.1 Å². The predicted molar refractivity (Wildman–Crippen MR) is 209 cm³/mol. The Labute approximate surface area is 338 Å². The van der Waals surface area contributed by atoms with Crippen LogP contribution in [-0.2, 0) is 19.1 Å². The number of aromatic nitrogens is 8. The van der Waals surface area contributed by atoms with E-state index >= 15 is 0 Å². The van der Waals surface area contributed by atoms with Crippen molar-refractivity contribution in [3.05, 3.63) is 60.7 Å². The first-order chi connectivity index (χ1) is 28.0. The maximum Gasteiger partial charge on any atom is 0.414 e. The highest BCUT2D eigenvalue weighted by atomic mass is 19.1. The SMILES string of the molecule is C.CC(=O)NC[C@H]1CN(c2ccc(N3CCC(n4cnnn4)CC3)c(F)c2)C(=O)O1.CC(=O)NC[C@H]1CN(c2ccc(N3CCC(n4ncnn4)CC3)c(F)c2)C(=O)O1. The van der Waals surface area contributed by atoms with E-state index in [1.165, 1.54) is 42.1 Å². The van der Waals surface area contributed by atoms with Crippen LogP contribution in [-0.4, -0.2) is 129 Å². The first-order valence-electron chi connectivity index (χ1n) is 19.0. The number of carbonyl (C=O) groups is 4. The summed E-state index contributed by atoms with van der Waals surface area (Å²) in [5.41, 5.74) is 1.88. The third-order valence-corrected chi connectivity index (χ3v) is 10.4. The average molecular weight is 823 g/mol. The Morgan fingerprint density at radius 1 is 0.729 bits per heavy atom. The lowest BCUT2D eigenvalue weighted by Crippen LogP contribution is -2.36. The van der Waals surface area contributed by atoms with Gasteiger partial charge in [0.2, 0.25) is 11.8 Å². The van der Waals surface area contributed by atoms with Gasteiger partial charge >= 0.3 is 12.2 Å². The largest absolute Gasteiger partial charge is 0.442 e. The van der Waals surface area contributed by atoms with E-state index in [2.05, 4.69) is 41.6 Å². The van der Waals surface area contributed by atoms with Crippen LogP contribution in [0.2, 0.25) is 0 Å². The monoisotopic (exact) mass is 822 g/mol. The molecule has 8 rings (SSSR count). The second-order valence-corrected chi connectivity index (χ2v) is 14.4. The van der Waals surface area contributed by atoms with Crippen molar-refractivity contribution in [2.75, 3.05) is 72.0 Å². The minimum atomic E-state index is -0.548. The molecule has 0 bridgehead atoms. The summed E-state index contributed by atoms with van der Waals surface area (Å²) in [6.07, 6.45) is 4.22. The molecule has 4 saturated heterocycles. The number of hydrogen-bond donors (Lipinski definition) is 2. The summed E-state index contributed by atoms with van der Waals surface area (Å²) in [5.74, 6) is -1.17. The molecule has 4 aromatic rings. The van der Waals surface area contributed by atoms with Crippen molar-refractivity contribution in [2.24, 2.45) is 0 Å². The Hall–Kier alpha value is -6.48. The van der Waals surface area contributed by atoms with E-state index in [4.69, 9.17) is 9.47 Å². The van der Waals surface area contributed by atoms with Crippen LogP contribution in [0, 0.1) is 11.6 Å². The van der Waals surface area contributed by atoms with E-state index in [-0.39, 0.29) is 63.3 Å². The topological polar surface area (TPSA) is 211 Å². The van der Waals surface area contributed by atoms with Gasteiger partial charge < -0.3 is 29.9 Å². The van der Waals surface area contributed by atoms with Crippen LogP contribution in [0.3, 0.4) is 0 Å². The number of ether oxygens (including phenoxy) is 2. The molecule has 0 radical (unpaired) electrons. The van der Waals surface area contributed by atoms with Gasteiger partial charge in [-0.1, -0.05) is 7.43 Å². The smallest absolute Gasteiger partial charge is 0.414 e. The highest BCUT2D eigenvalue weighted by molar-refractivity contribution is 5.91. The Bertz CT molecular complexity index is 1910. The van der Waals surface area contributed by atoms with Gasteiger partial charge in [-0.3, -0.25) is 19.4 Å². The summed E-state index contributed by atoms with van der Waals surface area (Å²) in [4.78, 5) is 54.6. The number of amides is 4. The standard InChI is InChI=1S/2C18H22FN7O3.CH4/c1-12(27)20-9-15-10-25(18(28)29-15)14-2-3-17(16(19)8-14)24-6-4-13(5-7-24)26-11-21-22-23-26;1-12(27)20-9-15-10-25(18(28)29-15)14-2-3-17(16(19)8-14)24-6-4-13(5-7-24)26-22-11-21-23-26;/h2*2-3,8,11,13,15H,4-7,9-10H2,1H3,(H,20,27);1H4/t2*15-;/m00./s1. The van der Waals surface area contributed by atoms with Gasteiger partial charge in [-0.15, -0.1) is 15.3 Å². The fourth-order valence-corrected chi connectivity index (χ4v) is 7.42. The van der Waals surface area contributed by atoms with E-state index in [1.807, 2.05) is 9.80 Å². The summed E-state index contributed by atoms with van der Waals surface area (Å²) in [6, 6.07) is 9.88. The maximum atomic E-state index is 14.8. The Morgan fingerprint density at radius 2 is 1.22 bits per heavy atom. The summed E-state index contributed by atoms with van der Waals surface area (Å²) >= 11 is 0. The van der Waals surface area contributed by atoms with Crippen molar-refractivity contribution in [1.82, 2.24) is 51.0 Å². The van der Waals surface area contributed by atoms with Crippen LogP contribution in [0.1, 0.15) is 59.0 Å². The lowest BCUT2D eigenvalue weighted by atomic mass is 10.0.